The summed E-state index contributed by atoms with van der Waals surface area (Å²) in [5, 5.41) is 8.73. The first-order valence-corrected chi connectivity index (χ1v) is 5.28. The Bertz CT molecular complexity index is 601. The van der Waals surface area contributed by atoms with Crippen molar-refractivity contribution in [2.24, 2.45) is 0 Å². The van der Waals surface area contributed by atoms with E-state index in [1.165, 1.54) is 24.3 Å². The van der Waals surface area contributed by atoms with Crippen LogP contribution in [0.2, 0.25) is 0 Å². The molecule has 0 aliphatic carbocycles. The van der Waals surface area contributed by atoms with E-state index >= 15 is 0 Å². The number of benzene rings is 2. The van der Waals surface area contributed by atoms with Gasteiger partial charge in [0.2, 0.25) is 0 Å². The Labute approximate surface area is 103 Å². The molecule has 2 nitrogen and oxygen atoms in total. The number of carboxylic acids is 1. The zero-order chi connectivity index (χ0) is 13.3. The maximum atomic E-state index is 13.8. The van der Waals surface area contributed by atoms with E-state index in [9.17, 15) is 13.6 Å². The predicted molar refractivity (Wildman–Crippen MR) is 63.5 cm³/mol. The highest BCUT2D eigenvalue weighted by molar-refractivity contribution is 5.88. The van der Waals surface area contributed by atoms with Crippen LogP contribution in [0.15, 0.2) is 36.4 Å². The van der Waals surface area contributed by atoms with Crippen LogP contribution in [0.1, 0.15) is 15.9 Å². The second-order valence-electron chi connectivity index (χ2n) is 4.02. The van der Waals surface area contributed by atoms with E-state index in [0.717, 1.165) is 6.07 Å². The predicted octanol–water partition coefficient (Wildman–Crippen LogP) is 3.64. The number of aromatic carboxylic acids is 1. The molecular formula is C14H10F2O2. The molecule has 0 unspecified atom stereocenters. The molecular weight excluding hydrogens is 238 g/mol. The summed E-state index contributed by atoms with van der Waals surface area (Å²) in [5.41, 5.74) is 1.11. The van der Waals surface area contributed by atoms with Gasteiger partial charge in [0, 0.05) is 5.56 Å². The second-order valence-corrected chi connectivity index (χ2v) is 4.02. The SMILES string of the molecule is Cc1cc(F)cc(-c2ccc(C(=O)O)cc2F)c1. The molecule has 0 atom stereocenters. The quantitative estimate of drug-likeness (QED) is 0.880. The lowest BCUT2D eigenvalue weighted by molar-refractivity contribution is 0.0696. The van der Waals surface area contributed by atoms with Crippen molar-refractivity contribution in [3.05, 3.63) is 59.2 Å². The third-order valence-electron chi connectivity index (χ3n) is 2.57. The summed E-state index contributed by atoms with van der Waals surface area (Å²) in [6.45, 7) is 1.70. The zero-order valence-corrected chi connectivity index (χ0v) is 9.58. The molecule has 0 radical (unpaired) electrons. The molecule has 0 aromatic heterocycles. The van der Waals surface area contributed by atoms with Crippen LogP contribution in [0.4, 0.5) is 8.78 Å². The first-order chi connectivity index (χ1) is 8.47. The first-order valence-electron chi connectivity index (χ1n) is 5.28. The Hall–Kier alpha value is -2.23. The molecule has 2 rings (SSSR count). The van der Waals surface area contributed by atoms with Gasteiger partial charge >= 0.3 is 5.97 Å². The summed E-state index contributed by atoms with van der Waals surface area (Å²) in [6.07, 6.45) is 0. The molecule has 0 spiro atoms. The number of rotatable bonds is 2. The van der Waals surface area contributed by atoms with Crippen LogP contribution >= 0.6 is 0 Å². The van der Waals surface area contributed by atoms with Gasteiger partial charge in [0.05, 0.1) is 5.56 Å². The lowest BCUT2D eigenvalue weighted by Crippen LogP contribution is -1.97. The maximum absolute atomic E-state index is 13.8. The van der Waals surface area contributed by atoms with Crippen molar-refractivity contribution >= 4 is 5.97 Å². The van der Waals surface area contributed by atoms with Crippen LogP contribution in [0, 0.1) is 18.6 Å². The highest BCUT2D eigenvalue weighted by atomic mass is 19.1. The summed E-state index contributed by atoms with van der Waals surface area (Å²) in [7, 11) is 0. The molecule has 2 aromatic carbocycles. The molecule has 0 heterocycles. The average molecular weight is 248 g/mol. The summed E-state index contributed by atoms with van der Waals surface area (Å²) >= 11 is 0. The zero-order valence-electron chi connectivity index (χ0n) is 9.58. The molecule has 92 valence electrons. The van der Waals surface area contributed by atoms with Crippen molar-refractivity contribution in [1.29, 1.82) is 0 Å². The highest BCUT2D eigenvalue weighted by Gasteiger charge is 2.10. The molecule has 0 aliphatic heterocycles. The van der Waals surface area contributed by atoms with Gasteiger partial charge in [0.25, 0.3) is 0 Å². The Morgan fingerprint density at radius 2 is 1.83 bits per heavy atom. The van der Waals surface area contributed by atoms with Crippen LogP contribution in [0.5, 0.6) is 0 Å². The lowest BCUT2D eigenvalue weighted by Gasteiger charge is -2.06. The fourth-order valence-electron chi connectivity index (χ4n) is 1.77. The monoisotopic (exact) mass is 248 g/mol. The lowest BCUT2D eigenvalue weighted by atomic mass is 10.0. The van der Waals surface area contributed by atoms with Gasteiger partial charge in [-0.15, -0.1) is 0 Å². The molecule has 0 amide bonds. The summed E-state index contributed by atoms with van der Waals surface area (Å²) in [4.78, 5) is 10.7. The van der Waals surface area contributed by atoms with Crippen molar-refractivity contribution < 1.29 is 18.7 Å². The minimum absolute atomic E-state index is 0.135. The Balaban J connectivity index is 2.54. The number of aryl methyl sites for hydroxylation is 1. The number of carbonyl (C=O) groups is 1. The molecule has 4 heteroatoms. The van der Waals surface area contributed by atoms with E-state index in [-0.39, 0.29) is 11.1 Å². The van der Waals surface area contributed by atoms with Crippen LogP contribution in [0.3, 0.4) is 0 Å². The highest BCUT2D eigenvalue weighted by Crippen LogP contribution is 2.25. The van der Waals surface area contributed by atoms with Gasteiger partial charge in [0.1, 0.15) is 11.6 Å². The van der Waals surface area contributed by atoms with Crippen LogP contribution in [-0.2, 0) is 0 Å². The van der Waals surface area contributed by atoms with Crippen molar-refractivity contribution in [3.8, 4) is 11.1 Å². The normalized spacial score (nSPS) is 10.4. The molecule has 1 N–H and O–H groups in total. The number of hydrogen-bond acceptors (Lipinski definition) is 1. The number of halogens is 2. The Morgan fingerprint density at radius 3 is 2.39 bits per heavy atom. The molecule has 2 aromatic rings. The minimum Gasteiger partial charge on any atom is -0.478 e. The van der Waals surface area contributed by atoms with Gasteiger partial charge in [0.15, 0.2) is 0 Å². The standard InChI is InChI=1S/C14H10F2O2/c1-8-4-10(6-11(15)5-8)12-3-2-9(14(17)18)7-13(12)16/h2-7H,1H3,(H,17,18). The van der Waals surface area contributed by atoms with E-state index in [1.54, 1.807) is 13.0 Å². The van der Waals surface area contributed by atoms with Gasteiger partial charge < -0.3 is 5.11 Å². The average Bonchev–Trinajstić information content (AvgIpc) is 2.27. The fraction of sp³-hybridized carbons (Fsp3) is 0.0714. The molecule has 18 heavy (non-hydrogen) atoms. The summed E-state index contributed by atoms with van der Waals surface area (Å²) in [6, 6.07) is 7.76. The number of carboxylic acid groups (broad SMARTS) is 1. The van der Waals surface area contributed by atoms with E-state index in [2.05, 4.69) is 0 Å². The van der Waals surface area contributed by atoms with Gasteiger partial charge in [-0.2, -0.15) is 0 Å². The van der Waals surface area contributed by atoms with Crippen molar-refractivity contribution in [1.82, 2.24) is 0 Å². The van der Waals surface area contributed by atoms with Gasteiger partial charge in [-0.3, -0.25) is 0 Å². The molecule has 0 fully saturated rings. The van der Waals surface area contributed by atoms with Crippen molar-refractivity contribution in [3.63, 3.8) is 0 Å². The van der Waals surface area contributed by atoms with Crippen LogP contribution in [-0.4, -0.2) is 11.1 Å². The number of hydrogen-bond donors (Lipinski definition) is 1. The van der Waals surface area contributed by atoms with Gasteiger partial charge in [-0.25, -0.2) is 13.6 Å². The molecule has 0 aliphatic rings. The Morgan fingerprint density at radius 1 is 1.11 bits per heavy atom. The second kappa shape index (κ2) is 4.56. The third-order valence-corrected chi connectivity index (χ3v) is 2.57. The van der Waals surface area contributed by atoms with Gasteiger partial charge in [-0.05, 0) is 42.3 Å². The smallest absolute Gasteiger partial charge is 0.335 e. The van der Waals surface area contributed by atoms with E-state index < -0.39 is 17.6 Å². The van der Waals surface area contributed by atoms with Crippen LogP contribution < -0.4 is 0 Å². The van der Waals surface area contributed by atoms with E-state index in [4.69, 9.17) is 5.11 Å². The van der Waals surface area contributed by atoms with E-state index in [0.29, 0.717) is 11.1 Å². The fourth-order valence-corrected chi connectivity index (χ4v) is 1.77. The molecule has 0 bridgehead atoms. The van der Waals surface area contributed by atoms with Crippen molar-refractivity contribution in [2.45, 2.75) is 6.92 Å². The summed E-state index contributed by atoms with van der Waals surface area (Å²) in [5.74, 6) is -2.33. The maximum Gasteiger partial charge on any atom is 0.335 e. The summed E-state index contributed by atoms with van der Waals surface area (Å²) < 4.78 is 27.0. The van der Waals surface area contributed by atoms with Gasteiger partial charge in [-0.1, -0.05) is 12.1 Å². The van der Waals surface area contributed by atoms with Crippen LogP contribution in [0.25, 0.3) is 11.1 Å². The Kier molecular flexibility index (Phi) is 3.10. The first kappa shape index (κ1) is 12.2. The van der Waals surface area contributed by atoms with E-state index in [1.807, 2.05) is 0 Å². The third kappa shape index (κ3) is 2.37. The van der Waals surface area contributed by atoms with Crippen molar-refractivity contribution in [2.75, 3.05) is 0 Å². The molecule has 0 saturated carbocycles. The topological polar surface area (TPSA) is 37.3 Å². The largest absolute Gasteiger partial charge is 0.478 e. The minimum atomic E-state index is -1.20. The molecule has 0 saturated heterocycles.